The summed E-state index contributed by atoms with van der Waals surface area (Å²) in [5.41, 5.74) is 1.35. The summed E-state index contributed by atoms with van der Waals surface area (Å²) in [6, 6.07) is 7.12. The minimum Gasteiger partial charge on any atom is -0.476 e. The Labute approximate surface area is 81.8 Å². The Morgan fingerprint density at radius 3 is 2.57 bits per heavy atom. The van der Waals surface area contributed by atoms with Crippen LogP contribution in [-0.4, -0.2) is 23.9 Å². The van der Waals surface area contributed by atoms with Crippen LogP contribution in [0.15, 0.2) is 29.4 Å². The van der Waals surface area contributed by atoms with E-state index in [0.29, 0.717) is 5.56 Å². The van der Waals surface area contributed by atoms with Crippen molar-refractivity contribution in [3.05, 3.63) is 35.4 Å². The summed E-state index contributed by atoms with van der Waals surface area (Å²) in [7, 11) is 1.32. The van der Waals surface area contributed by atoms with E-state index in [1.54, 1.807) is 12.1 Å². The number of benzene rings is 1. The fourth-order valence-corrected chi connectivity index (χ4v) is 1.13. The van der Waals surface area contributed by atoms with Gasteiger partial charge in [0.15, 0.2) is 5.71 Å². The Morgan fingerprint density at radius 1 is 1.43 bits per heavy atom. The summed E-state index contributed by atoms with van der Waals surface area (Å²) < 4.78 is 0. The molecular weight excluding hydrogens is 182 g/mol. The second-order valence-corrected chi connectivity index (χ2v) is 2.74. The largest absolute Gasteiger partial charge is 0.476 e. The molecule has 0 bridgehead atoms. The molecule has 0 radical (unpaired) electrons. The molecule has 0 aliphatic rings. The minimum absolute atomic E-state index is 0.0781. The van der Waals surface area contributed by atoms with Crippen molar-refractivity contribution in [2.75, 3.05) is 7.11 Å². The molecule has 0 heterocycles. The molecule has 0 saturated heterocycles. The molecule has 0 amide bonds. The van der Waals surface area contributed by atoms with Crippen LogP contribution in [0.2, 0.25) is 0 Å². The lowest BCUT2D eigenvalue weighted by Gasteiger charge is -2.03. The monoisotopic (exact) mass is 193 g/mol. The van der Waals surface area contributed by atoms with Crippen LogP contribution in [-0.2, 0) is 9.63 Å². The van der Waals surface area contributed by atoms with E-state index >= 15 is 0 Å². The molecule has 0 atom stereocenters. The molecule has 0 spiro atoms. The quantitative estimate of drug-likeness (QED) is 0.583. The highest BCUT2D eigenvalue weighted by atomic mass is 16.6. The van der Waals surface area contributed by atoms with Gasteiger partial charge < -0.3 is 9.94 Å². The molecule has 4 heteroatoms. The lowest BCUT2D eigenvalue weighted by atomic mass is 10.0. The SMILES string of the molecule is CON=C(C(=O)O)c1ccccc1C. The summed E-state index contributed by atoms with van der Waals surface area (Å²) >= 11 is 0. The van der Waals surface area contributed by atoms with Crippen LogP contribution in [0.1, 0.15) is 11.1 Å². The number of oxime groups is 1. The summed E-state index contributed by atoms with van der Waals surface area (Å²) in [6.45, 7) is 1.82. The third kappa shape index (κ3) is 2.10. The molecule has 1 rings (SSSR count). The Morgan fingerprint density at radius 2 is 2.07 bits per heavy atom. The molecule has 0 saturated carbocycles. The zero-order valence-corrected chi connectivity index (χ0v) is 8.02. The van der Waals surface area contributed by atoms with Crippen LogP contribution in [0, 0.1) is 6.92 Å². The van der Waals surface area contributed by atoms with Gasteiger partial charge in [-0.3, -0.25) is 0 Å². The number of hydrogen-bond donors (Lipinski definition) is 1. The van der Waals surface area contributed by atoms with Crippen molar-refractivity contribution < 1.29 is 14.7 Å². The number of carbonyl (C=O) groups is 1. The fourth-order valence-electron chi connectivity index (χ4n) is 1.13. The van der Waals surface area contributed by atoms with E-state index in [2.05, 4.69) is 9.99 Å². The van der Waals surface area contributed by atoms with Gasteiger partial charge in [-0.25, -0.2) is 4.79 Å². The van der Waals surface area contributed by atoms with E-state index in [4.69, 9.17) is 5.11 Å². The number of aliphatic carboxylic acids is 1. The van der Waals surface area contributed by atoms with Gasteiger partial charge in [0.05, 0.1) is 0 Å². The third-order valence-electron chi connectivity index (χ3n) is 1.79. The molecule has 1 aromatic carbocycles. The molecule has 0 aromatic heterocycles. The van der Waals surface area contributed by atoms with E-state index < -0.39 is 5.97 Å². The first kappa shape index (κ1) is 10.2. The Hall–Kier alpha value is -1.84. The Balaban J connectivity index is 3.19. The summed E-state index contributed by atoms with van der Waals surface area (Å²) in [5.74, 6) is -1.10. The van der Waals surface area contributed by atoms with Crippen molar-refractivity contribution in [1.29, 1.82) is 0 Å². The normalized spacial score (nSPS) is 11.1. The summed E-state index contributed by atoms with van der Waals surface area (Å²) in [4.78, 5) is 15.3. The smallest absolute Gasteiger partial charge is 0.358 e. The molecular formula is C10H11NO3. The first-order valence-corrected chi connectivity index (χ1v) is 4.07. The second kappa shape index (κ2) is 4.41. The zero-order chi connectivity index (χ0) is 10.6. The molecule has 1 aromatic rings. The highest BCUT2D eigenvalue weighted by molar-refractivity contribution is 6.42. The lowest BCUT2D eigenvalue weighted by Crippen LogP contribution is -2.16. The van der Waals surface area contributed by atoms with Gasteiger partial charge in [-0.1, -0.05) is 29.4 Å². The standard InChI is InChI=1S/C10H11NO3/c1-7-5-3-4-6-8(7)9(10(12)13)11-14-2/h3-6H,1-2H3,(H,12,13). The van der Waals surface area contributed by atoms with Crippen molar-refractivity contribution in [2.45, 2.75) is 6.92 Å². The van der Waals surface area contributed by atoms with Gasteiger partial charge >= 0.3 is 5.97 Å². The highest BCUT2D eigenvalue weighted by Gasteiger charge is 2.14. The Bertz CT molecular complexity index is 371. The van der Waals surface area contributed by atoms with Crippen molar-refractivity contribution >= 4 is 11.7 Å². The maximum absolute atomic E-state index is 10.8. The fraction of sp³-hybridized carbons (Fsp3) is 0.200. The number of aryl methyl sites for hydroxylation is 1. The van der Waals surface area contributed by atoms with Crippen LogP contribution in [0.25, 0.3) is 0 Å². The van der Waals surface area contributed by atoms with E-state index in [1.807, 2.05) is 19.1 Å². The molecule has 0 fully saturated rings. The van der Waals surface area contributed by atoms with Gasteiger partial charge in [0.1, 0.15) is 7.11 Å². The second-order valence-electron chi connectivity index (χ2n) is 2.74. The number of rotatable bonds is 3. The average molecular weight is 193 g/mol. The molecule has 0 aliphatic heterocycles. The first-order chi connectivity index (χ1) is 6.66. The van der Waals surface area contributed by atoms with Crippen LogP contribution < -0.4 is 0 Å². The van der Waals surface area contributed by atoms with Crippen molar-refractivity contribution in [3.8, 4) is 0 Å². The first-order valence-electron chi connectivity index (χ1n) is 4.07. The van der Waals surface area contributed by atoms with Gasteiger partial charge in [0, 0.05) is 5.56 Å². The van der Waals surface area contributed by atoms with Gasteiger partial charge in [0.2, 0.25) is 0 Å². The maximum Gasteiger partial charge on any atom is 0.358 e. The van der Waals surface area contributed by atoms with Crippen molar-refractivity contribution in [1.82, 2.24) is 0 Å². The number of nitrogens with zero attached hydrogens (tertiary/aromatic N) is 1. The van der Waals surface area contributed by atoms with Crippen LogP contribution in [0.3, 0.4) is 0 Å². The maximum atomic E-state index is 10.8. The van der Waals surface area contributed by atoms with Crippen molar-refractivity contribution in [2.24, 2.45) is 5.16 Å². The van der Waals surface area contributed by atoms with E-state index in [1.165, 1.54) is 7.11 Å². The predicted molar refractivity (Wildman–Crippen MR) is 52.4 cm³/mol. The third-order valence-corrected chi connectivity index (χ3v) is 1.79. The number of carboxylic acid groups (broad SMARTS) is 1. The van der Waals surface area contributed by atoms with Gasteiger partial charge in [-0.15, -0.1) is 0 Å². The highest BCUT2D eigenvalue weighted by Crippen LogP contribution is 2.08. The van der Waals surface area contributed by atoms with Crippen LogP contribution >= 0.6 is 0 Å². The summed E-state index contributed by atoms with van der Waals surface area (Å²) in [5, 5.41) is 12.3. The topological polar surface area (TPSA) is 58.9 Å². The Kier molecular flexibility index (Phi) is 3.23. The molecule has 0 unspecified atom stereocenters. The predicted octanol–water partition coefficient (Wildman–Crippen LogP) is 1.43. The number of hydrogen-bond acceptors (Lipinski definition) is 3. The molecule has 1 N–H and O–H groups in total. The lowest BCUT2D eigenvalue weighted by molar-refractivity contribution is -0.129. The zero-order valence-electron chi connectivity index (χ0n) is 8.02. The van der Waals surface area contributed by atoms with E-state index in [-0.39, 0.29) is 5.71 Å². The van der Waals surface area contributed by atoms with E-state index in [0.717, 1.165) is 5.56 Å². The van der Waals surface area contributed by atoms with E-state index in [9.17, 15) is 4.79 Å². The molecule has 0 aliphatic carbocycles. The molecule has 4 nitrogen and oxygen atoms in total. The summed E-state index contributed by atoms with van der Waals surface area (Å²) in [6.07, 6.45) is 0. The van der Waals surface area contributed by atoms with Crippen molar-refractivity contribution in [3.63, 3.8) is 0 Å². The van der Waals surface area contributed by atoms with Crippen LogP contribution in [0.4, 0.5) is 0 Å². The molecule has 74 valence electrons. The average Bonchev–Trinajstić information content (AvgIpc) is 2.15. The minimum atomic E-state index is -1.10. The van der Waals surface area contributed by atoms with Gasteiger partial charge in [-0.2, -0.15) is 0 Å². The van der Waals surface area contributed by atoms with Gasteiger partial charge in [-0.05, 0) is 12.5 Å². The van der Waals surface area contributed by atoms with Crippen LogP contribution in [0.5, 0.6) is 0 Å². The molecule has 14 heavy (non-hydrogen) atoms. The van der Waals surface area contributed by atoms with Gasteiger partial charge in [0.25, 0.3) is 0 Å². The number of carboxylic acids is 1.